The van der Waals surface area contributed by atoms with Gasteiger partial charge in [0.15, 0.2) is 5.82 Å². The number of aromatic nitrogens is 3. The number of anilines is 1. The standard InChI is InChI=1S/C25H20F3N5O3/c1-16-4-3-5-17(2)22(16)31-24(34)36-30-14-18-6-8-19(9-7-18)23-29-15-33(32-23)20-10-12-21(13-11-20)35-25(26,27)28/h3-15H,1-2H3,(H,31,34)/b30-14+. The molecule has 11 heteroatoms. The molecule has 0 spiro atoms. The lowest BCUT2D eigenvalue weighted by Crippen LogP contribution is -2.17. The fourth-order valence-corrected chi connectivity index (χ4v) is 3.31. The highest BCUT2D eigenvalue weighted by molar-refractivity contribution is 5.87. The third-order valence-corrected chi connectivity index (χ3v) is 5.04. The number of amides is 1. The molecule has 0 aliphatic carbocycles. The molecule has 0 unspecified atom stereocenters. The minimum atomic E-state index is -4.75. The Morgan fingerprint density at radius 1 is 1.00 bits per heavy atom. The van der Waals surface area contributed by atoms with Crippen LogP contribution in [0.25, 0.3) is 17.1 Å². The molecule has 4 rings (SSSR count). The SMILES string of the molecule is Cc1cccc(C)c1NC(=O)O/N=C/c1ccc(-c2ncn(-c3ccc(OC(F)(F)F)cc3)n2)cc1. The van der Waals surface area contributed by atoms with Crippen LogP contribution in [0.5, 0.6) is 5.75 Å². The number of nitrogens with zero attached hydrogens (tertiary/aromatic N) is 4. The van der Waals surface area contributed by atoms with Crippen molar-refractivity contribution in [1.82, 2.24) is 14.8 Å². The van der Waals surface area contributed by atoms with Crippen molar-refractivity contribution >= 4 is 18.0 Å². The van der Waals surface area contributed by atoms with Crippen LogP contribution in [0.4, 0.5) is 23.7 Å². The third kappa shape index (κ3) is 6.26. The summed E-state index contributed by atoms with van der Waals surface area (Å²) in [6.07, 6.45) is -2.61. The Labute approximate surface area is 204 Å². The number of carbonyl (C=O) groups excluding carboxylic acids is 1. The molecule has 3 aromatic carbocycles. The Morgan fingerprint density at radius 3 is 2.31 bits per heavy atom. The molecule has 4 aromatic rings. The van der Waals surface area contributed by atoms with E-state index >= 15 is 0 Å². The number of carbonyl (C=O) groups is 1. The van der Waals surface area contributed by atoms with Crippen LogP contribution in [0, 0.1) is 13.8 Å². The number of nitrogens with one attached hydrogen (secondary N) is 1. The van der Waals surface area contributed by atoms with Gasteiger partial charge in [-0.1, -0.05) is 47.6 Å². The first-order valence-electron chi connectivity index (χ1n) is 10.6. The van der Waals surface area contributed by atoms with E-state index in [0.29, 0.717) is 28.3 Å². The van der Waals surface area contributed by atoms with Crippen LogP contribution in [-0.4, -0.2) is 33.4 Å². The zero-order valence-corrected chi connectivity index (χ0v) is 19.2. The molecule has 1 heterocycles. The summed E-state index contributed by atoms with van der Waals surface area (Å²) in [6.45, 7) is 3.77. The van der Waals surface area contributed by atoms with E-state index in [1.54, 1.807) is 24.3 Å². The van der Waals surface area contributed by atoms with E-state index in [0.717, 1.165) is 11.1 Å². The van der Waals surface area contributed by atoms with Gasteiger partial charge in [0, 0.05) is 11.3 Å². The van der Waals surface area contributed by atoms with Crippen LogP contribution in [0.3, 0.4) is 0 Å². The monoisotopic (exact) mass is 495 g/mol. The van der Waals surface area contributed by atoms with Gasteiger partial charge in [-0.3, -0.25) is 10.2 Å². The highest BCUT2D eigenvalue weighted by Crippen LogP contribution is 2.24. The molecule has 0 aliphatic heterocycles. The summed E-state index contributed by atoms with van der Waals surface area (Å²) in [4.78, 5) is 21.1. The number of oxime groups is 1. The summed E-state index contributed by atoms with van der Waals surface area (Å²) in [5.74, 6) is 0.0916. The first-order valence-corrected chi connectivity index (χ1v) is 10.6. The van der Waals surface area contributed by atoms with E-state index in [4.69, 9.17) is 4.84 Å². The molecular weight excluding hydrogens is 475 g/mol. The van der Waals surface area contributed by atoms with Gasteiger partial charge in [-0.15, -0.1) is 18.3 Å². The van der Waals surface area contributed by atoms with Crippen LogP contribution in [0.2, 0.25) is 0 Å². The lowest BCUT2D eigenvalue weighted by atomic mass is 10.1. The second-order valence-electron chi connectivity index (χ2n) is 7.68. The highest BCUT2D eigenvalue weighted by atomic mass is 19.4. The predicted molar refractivity (Wildman–Crippen MR) is 127 cm³/mol. The highest BCUT2D eigenvalue weighted by Gasteiger charge is 2.31. The van der Waals surface area contributed by atoms with Crippen LogP contribution >= 0.6 is 0 Å². The van der Waals surface area contributed by atoms with Gasteiger partial charge in [0.1, 0.15) is 12.1 Å². The molecule has 0 saturated carbocycles. The maximum Gasteiger partial charge on any atom is 0.573 e. The Morgan fingerprint density at radius 2 is 1.67 bits per heavy atom. The Hall–Kier alpha value is -4.67. The fraction of sp³-hybridized carbons (Fsp3) is 0.120. The number of aryl methyl sites for hydroxylation is 2. The lowest BCUT2D eigenvalue weighted by Gasteiger charge is -2.09. The number of hydrogen-bond acceptors (Lipinski definition) is 6. The average Bonchev–Trinajstić information content (AvgIpc) is 3.32. The molecule has 0 aliphatic rings. The molecule has 1 amide bonds. The second kappa shape index (κ2) is 10.3. The predicted octanol–water partition coefficient (Wildman–Crippen LogP) is 6.03. The van der Waals surface area contributed by atoms with Crippen molar-refractivity contribution in [2.45, 2.75) is 20.2 Å². The van der Waals surface area contributed by atoms with E-state index < -0.39 is 12.5 Å². The number of rotatable bonds is 6. The molecule has 0 fully saturated rings. The van der Waals surface area contributed by atoms with Crippen molar-refractivity contribution in [3.05, 3.63) is 89.7 Å². The van der Waals surface area contributed by atoms with Gasteiger partial charge >= 0.3 is 12.5 Å². The molecule has 36 heavy (non-hydrogen) atoms. The average molecular weight is 495 g/mol. The van der Waals surface area contributed by atoms with E-state index in [2.05, 4.69) is 25.3 Å². The molecule has 0 saturated heterocycles. The van der Waals surface area contributed by atoms with Crippen LogP contribution < -0.4 is 10.1 Å². The second-order valence-corrected chi connectivity index (χ2v) is 7.68. The van der Waals surface area contributed by atoms with Crippen LogP contribution in [0.15, 0.2) is 78.2 Å². The molecule has 0 atom stereocenters. The van der Waals surface area contributed by atoms with Gasteiger partial charge < -0.3 is 4.74 Å². The Balaban J connectivity index is 1.36. The summed E-state index contributed by atoms with van der Waals surface area (Å²) in [5.41, 5.74) is 4.41. The zero-order chi connectivity index (χ0) is 25.7. The minimum absolute atomic E-state index is 0.324. The van der Waals surface area contributed by atoms with Gasteiger partial charge in [0.05, 0.1) is 11.9 Å². The lowest BCUT2D eigenvalue weighted by molar-refractivity contribution is -0.274. The van der Waals surface area contributed by atoms with Crippen molar-refractivity contribution in [1.29, 1.82) is 0 Å². The van der Waals surface area contributed by atoms with E-state index in [1.165, 1.54) is 41.5 Å². The van der Waals surface area contributed by atoms with Crippen molar-refractivity contribution in [2.24, 2.45) is 5.16 Å². The molecular formula is C25H20F3N5O3. The van der Waals surface area contributed by atoms with Crippen LogP contribution in [0.1, 0.15) is 16.7 Å². The first-order chi connectivity index (χ1) is 17.2. The number of para-hydroxylation sites is 1. The number of ether oxygens (including phenoxy) is 1. The maximum absolute atomic E-state index is 12.3. The molecule has 0 bridgehead atoms. The largest absolute Gasteiger partial charge is 0.573 e. The number of hydrogen-bond donors (Lipinski definition) is 1. The molecule has 8 nitrogen and oxygen atoms in total. The minimum Gasteiger partial charge on any atom is -0.406 e. The van der Waals surface area contributed by atoms with Crippen molar-refractivity contribution in [3.8, 4) is 22.8 Å². The van der Waals surface area contributed by atoms with Gasteiger partial charge in [-0.25, -0.2) is 14.5 Å². The van der Waals surface area contributed by atoms with Gasteiger partial charge in [0.2, 0.25) is 0 Å². The molecule has 1 aromatic heterocycles. The van der Waals surface area contributed by atoms with Crippen molar-refractivity contribution in [2.75, 3.05) is 5.32 Å². The molecule has 184 valence electrons. The fourth-order valence-electron chi connectivity index (χ4n) is 3.31. The van der Waals surface area contributed by atoms with E-state index in [1.807, 2.05) is 32.0 Å². The van der Waals surface area contributed by atoms with Gasteiger partial charge in [-0.2, -0.15) is 0 Å². The topological polar surface area (TPSA) is 90.6 Å². The maximum atomic E-state index is 12.3. The summed E-state index contributed by atoms with van der Waals surface area (Å²) < 4.78 is 42.2. The first kappa shape index (κ1) is 24.5. The molecule has 0 radical (unpaired) electrons. The summed E-state index contributed by atoms with van der Waals surface area (Å²) in [6, 6.07) is 18.0. The van der Waals surface area contributed by atoms with Crippen molar-refractivity contribution in [3.63, 3.8) is 0 Å². The smallest absolute Gasteiger partial charge is 0.406 e. The Kier molecular flexibility index (Phi) is 7.00. The number of alkyl halides is 3. The normalized spacial score (nSPS) is 11.5. The zero-order valence-electron chi connectivity index (χ0n) is 19.2. The van der Waals surface area contributed by atoms with Gasteiger partial charge in [-0.05, 0) is 54.8 Å². The Bertz CT molecular complexity index is 1360. The van der Waals surface area contributed by atoms with E-state index in [-0.39, 0.29) is 5.75 Å². The van der Waals surface area contributed by atoms with Gasteiger partial charge in [0.25, 0.3) is 0 Å². The summed E-state index contributed by atoms with van der Waals surface area (Å²) >= 11 is 0. The van der Waals surface area contributed by atoms with Crippen molar-refractivity contribution < 1.29 is 27.5 Å². The summed E-state index contributed by atoms with van der Waals surface area (Å²) in [7, 11) is 0. The molecule has 1 N–H and O–H groups in total. The number of benzene rings is 3. The third-order valence-electron chi connectivity index (χ3n) is 5.04. The quantitative estimate of drug-likeness (QED) is 0.200. The summed E-state index contributed by atoms with van der Waals surface area (Å²) in [5, 5.41) is 10.7. The van der Waals surface area contributed by atoms with Crippen LogP contribution in [-0.2, 0) is 4.84 Å². The van der Waals surface area contributed by atoms with E-state index in [9.17, 15) is 18.0 Å². The number of halogens is 3.